The predicted molar refractivity (Wildman–Crippen MR) is 206 cm³/mol. The molecule has 0 unspecified atom stereocenters. The summed E-state index contributed by atoms with van der Waals surface area (Å²) in [6.45, 7) is 6.51. The van der Waals surface area contributed by atoms with Gasteiger partial charge in [-0.2, -0.15) is 0 Å². The van der Waals surface area contributed by atoms with Crippen molar-refractivity contribution in [3.63, 3.8) is 0 Å². The summed E-state index contributed by atoms with van der Waals surface area (Å²) in [6.07, 6.45) is 0.141. The lowest BCUT2D eigenvalue weighted by atomic mass is 9.96. The molecule has 52 heavy (non-hydrogen) atoms. The number of thioether (sulfide) groups is 1. The quantitative estimate of drug-likeness (QED) is 0.129. The van der Waals surface area contributed by atoms with Crippen LogP contribution < -0.4 is 21.7 Å². The van der Waals surface area contributed by atoms with Crippen LogP contribution in [0.25, 0.3) is 10.8 Å². The van der Waals surface area contributed by atoms with E-state index in [9.17, 15) is 24.3 Å². The standard InChI is InChI=1S/C41H49N5O5S/c1-41(2,3)45-40(51)35-24-32(52-31-16-8-5-9-17-31)20-21-46(35)26-36(47)33(22-27-12-6-4-7-13-27)43-39(50)34(25-37(42)48)44-38(49)30-19-18-28-14-10-11-15-29(28)23-30/h4-19,23,32-36,47H,20-22,24-26H2,1-3H3,(H2,42,48)(H,43,50)(H,44,49)(H,45,51)/t32-,33+,34+,35+,36-/m1/s1. The van der Waals surface area contributed by atoms with Crippen molar-refractivity contribution in [1.29, 1.82) is 0 Å². The van der Waals surface area contributed by atoms with Gasteiger partial charge < -0.3 is 26.8 Å². The van der Waals surface area contributed by atoms with E-state index >= 15 is 0 Å². The van der Waals surface area contributed by atoms with Gasteiger partial charge >= 0.3 is 0 Å². The van der Waals surface area contributed by atoms with Crippen molar-refractivity contribution >= 4 is 46.2 Å². The number of nitrogens with two attached hydrogens (primary N) is 1. The smallest absolute Gasteiger partial charge is 0.251 e. The molecule has 0 aliphatic carbocycles. The van der Waals surface area contributed by atoms with E-state index in [1.54, 1.807) is 23.9 Å². The van der Waals surface area contributed by atoms with E-state index in [0.29, 0.717) is 18.5 Å². The van der Waals surface area contributed by atoms with Crippen LogP contribution >= 0.6 is 11.8 Å². The van der Waals surface area contributed by atoms with Crippen LogP contribution in [-0.4, -0.2) is 81.7 Å². The van der Waals surface area contributed by atoms with Crippen molar-refractivity contribution < 1.29 is 24.3 Å². The van der Waals surface area contributed by atoms with E-state index in [-0.39, 0.29) is 24.1 Å². The highest BCUT2D eigenvalue weighted by molar-refractivity contribution is 8.00. The van der Waals surface area contributed by atoms with Crippen LogP contribution in [-0.2, 0) is 20.8 Å². The Morgan fingerprint density at radius 3 is 2.21 bits per heavy atom. The van der Waals surface area contributed by atoms with Crippen molar-refractivity contribution in [1.82, 2.24) is 20.9 Å². The van der Waals surface area contributed by atoms with Gasteiger partial charge in [0.2, 0.25) is 17.7 Å². The maximum absolute atomic E-state index is 13.9. The van der Waals surface area contributed by atoms with E-state index in [1.165, 1.54) is 0 Å². The molecule has 4 amide bonds. The van der Waals surface area contributed by atoms with Gasteiger partial charge in [0.15, 0.2) is 0 Å². The van der Waals surface area contributed by atoms with Crippen LogP contribution in [0.4, 0.5) is 0 Å². The summed E-state index contributed by atoms with van der Waals surface area (Å²) in [6, 6.07) is 29.8. The van der Waals surface area contributed by atoms with Crippen molar-refractivity contribution in [3.8, 4) is 0 Å². The number of carbonyl (C=O) groups excluding carboxylic acids is 4. The third kappa shape index (κ3) is 11.1. The Morgan fingerprint density at radius 2 is 1.54 bits per heavy atom. The molecular weight excluding hydrogens is 675 g/mol. The van der Waals surface area contributed by atoms with Crippen LogP contribution in [0.3, 0.4) is 0 Å². The van der Waals surface area contributed by atoms with E-state index in [4.69, 9.17) is 5.73 Å². The van der Waals surface area contributed by atoms with Crippen LogP contribution in [0, 0.1) is 0 Å². The van der Waals surface area contributed by atoms with E-state index in [1.807, 2.05) is 105 Å². The van der Waals surface area contributed by atoms with Gasteiger partial charge in [-0.3, -0.25) is 24.1 Å². The zero-order chi connectivity index (χ0) is 37.3. The van der Waals surface area contributed by atoms with Crippen LogP contribution in [0.15, 0.2) is 108 Å². The Balaban J connectivity index is 1.34. The number of fused-ring (bicyclic) bond motifs is 1. The topological polar surface area (TPSA) is 154 Å². The molecule has 0 spiro atoms. The van der Waals surface area contributed by atoms with Gasteiger partial charge in [-0.05, 0) is 80.6 Å². The zero-order valence-corrected chi connectivity index (χ0v) is 30.8. The maximum Gasteiger partial charge on any atom is 0.251 e. The minimum absolute atomic E-state index is 0.111. The summed E-state index contributed by atoms with van der Waals surface area (Å²) in [5.74, 6) is -2.05. The second kappa shape index (κ2) is 17.7. The van der Waals surface area contributed by atoms with Gasteiger partial charge in [-0.1, -0.05) is 78.9 Å². The van der Waals surface area contributed by atoms with E-state index in [0.717, 1.165) is 27.7 Å². The number of primary amides is 1. The average molecular weight is 724 g/mol. The second-order valence-corrected chi connectivity index (χ2v) is 15.8. The number of rotatable bonds is 14. The first-order valence-corrected chi connectivity index (χ1v) is 18.6. The van der Waals surface area contributed by atoms with Crippen molar-refractivity contribution in [2.45, 2.75) is 86.4 Å². The molecule has 0 saturated carbocycles. The molecule has 5 atom stereocenters. The van der Waals surface area contributed by atoms with Gasteiger partial charge in [0.1, 0.15) is 6.04 Å². The Kier molecular flexibility index (Phi) is 13.1. The highest BCUT2D eigenvalue weighted by Crippen LogP contribution is 2.33. The number of carbonyl (C=O) groups is 4. The highest BCUT2D eigenvalue weighted by atomic mass is 32.2. The molecule has 5 rings (SSSR count). The number of aliphatic hydroxyl groups excluding tert-OH is 1. The van der Waals surface area contributed by atoms with Crippen LogP contribution in [0.5, 0.6) is 0 Å². The second-order valence-electron chi connectivity index (χ2n) is 14.5. The lowest BCUT2D eigenvalue weighted by molar-refractivity contribution is -0.130. The van der Waals surface area contributed by atoms with E-state index < -0.39 is 53.9 Å². The number of aliphatic hydroxyl groups is 1. The SMILES string of the molecule is CC(C)(C)NC(=O)[C@@H]1C[C@H](Sc2ccccc2)CCN1C[C@@H](O)[C@H](Cc1ccccc1)NC(=O)[C@H](CC(N)=O)NC(=O)c1ccc2ccccc2c1. The first-order valence-electron chi connectivity index (χ1n) is 17.7. The van der Waals surface area contributed by atoms with Crippen LogP contribution in [0.2, 0.25) is 0 Å². The fraction of sp³-hybridized carbons (Fsp3) is 0.366. The summed E-state index contributed by atoms with van der Waals surface area (Å²) in [5, 5.41) is 22.6. The molecule has 0 aromatic heterocycles. The zero-order valence-electron chi connectivity index (χ0n) is 30.0. The third-order valence-electron chi connectivity index (χ3n) is 9.06. The Morgan fingerprint density at radius 1 is 0.885 bits per heavy atom. The fourth-order valence-electron chi connectivity index (χ4n) is 6.51. The largest absolute Gasteiger partial charge is 0.390 e. The van der Waals surface area contributed by atoms with Crippen molar-refractivity contribution in [3.05, 3.63) is 114 Å². The van der Waals surface area contributed by atoms with Crippen molar-refractivity contribution in [2.75, 3.05) is 13.1 Å². The molecule has 1 fully saturated rings. The molecule has 274 valence electrons. The molecule has 11 heteroatoms. The molecule has 4 aromatic carbocycles. The third-order valence-corrected chi connectivity index (χ3v) is 10.4. The van der Waals surface area contributed by atoms with Gasteiger partial charge in [0.05, 0.1) is 24.6 Å². The summed E-state index contributed by atoms with van der Waals surface area (Å²) in [7, 11) is 0. The molecule has 4 aromatic rings. The molecule has 1 saturated heterocycles. The number of nitrogens with zero attached hydrogens (tertiary/aromatic N) is 1. The normalized spacial score (nSPS) is 18.2. The molecular formula is C41H49N5O5S. The van der Waals surface area contributed by atoms with Gasteiger partial charge in [0.25, 0.3) is 5.91 Å². The van der Waals surface area contributed by atoms with Crippen molar-refractivity contribution in [2.24, 2.45) is 5.73 Å². The van der Waals surface area contributed by atoms with Gasteiger partial charge in [-0.25, -0.2) is 0 Å². The minimum Gasteiger partial charge on any atom is -0.390 e. The molecule has 6 N–H and O–H groups in total. The molecule has 1 heterocycles. The summed E-state index contributed by atoms with van der Waals surface area (Å²) >= 11 is 1.75. The molecule has 0 radical (unpaired) electrons. The number of nitrogens with one attached hydrogen (secondary N) is 3. The maximum atomic E-state index is 13.9. The first kappa shape index (κ1) is 38.5. The monoisotopic (exact) mass is 723 g/mol. The lowest BCUT2D eigenvalue weighted by Gasteiger charge is -2.41. The summed E-state index contributed by atoms with van der Waals surface area (Å²) in [5.41, 5.74) is 6.29. The summed E-state index contributed by atoms with van der Waals surface area (Å²) in [4.78, 5) is 56.2. The first-order chi connectivity index (χ1) is 24.8. The van der Waals surface area contributed by atoms with E-state index in [2.05, 4.69) is 28.1 Å². The Labute approximate surface area is 309 Å². The minimum atomic E-state index is -1.28. The fourth-order valence-corrected chi connectivity index (χ4v) is 7.71. The number of amides is 4. The molecule has 1 aliphatic rings. The molecule has 10 nitrogen and oxygen atoms in total. The number of piperidine rings is 1. The number of hydrogen-bond acceptors (Lipinski definition) is 7. The van der Waals surface area contributed by atoms with Gasteiger partial charge in [-0.15, -0.1) is 11.8 Å². The lowest BCUT2D eigenvalue weighted by Crippen LogP contribution is -2.60. The number of β-amino-alcohol motifs (C(OH)–C–C–N with tert-alkyl or cyclic N) is 1. The molecule has 0 bridgehead atoms. The Hall–Kier alpha value is -4.71. The summed E-state index contributed by atoms with van der Waals surface area (Å²) < 4.78 is 0. The average Bonchev–Trinajstić information content (AvgIpc) is 3.11. The van der Waals surface area contributed by atoms with Gasteiger partial charge in [0, 0.05) is 34.3 Å². The number of hydrogen-bond donors (Lipinski definition) is 5. The number of benzene rings is 4. The number of likely N-dealkylation sites (tertiary alicyclic amines) is 1. The van der Waals surface area contributed by atoms with Crippen LogP contribution in [0.1, 0.15) is 56.0 Å². The highest BCUT2D eigenvalue weighted by Gasteiger charge is 2.38. The molecule has 1 aliphatic heterocycles. The predicted octanol–water partition coefficient (Wildman–Crippen LogP) is 4.44. The Bertz CT molecular complexity index is 1830.